The number of aromatic nitrogens is 3. The van der Waals surface area contributed by atoms with Crippen LogP contribution in [0.4, 0.5) is 5.69 Å². The molecule has 2 atom stereocenters. The smallest absolute Gasteiger partial charge is 0.159 e. The molecule has 5 nitrogen and oxygen atoms in total. The van der Waals surface area contributed by atoms with E-state index in [1.165, 1.54) is 0 Å². The van der Waals surface area contributed by atoms with Crippen LogP contribution in [0.5, 0.6) is 0 Å². The number of hydrogen-bond acceptors (Lipinski definition) is 5. The first-order valence-corrected chi connectivity index (χ1v) is 9.67. The zero-order valence-electron chi connectivity index (χ0n) is 15.5. The van der Waals surface area contributed by atoms with Gasteiger partial charge in [0.2, 0.25) is 0 Å². The fraction of sp³-hybridized carbons (Fsp3) is 0.350. The number of anilines is 1. The standard InChI is InChI=1S/C20H22Cl2N4O/c1-4-7-20(3,27)19-24-9-14(10-25-19)13-5-6-17-15(8-13)18(26-12(2)21)16(22)11-23-17/h5-6,8-12,27H,4,7H2,1-3H3,(H,23,26). The highest BCUT2D eigenvalue weighted by Crippen LogP contribution is 2.33. The van der Waals surface area contributed by atoms with E-state index in [0.717, 1.165) is 34.1 Å². The van der Waals surface area contributed by atoms with Gasteiger partial charge in [-0.3, -0.25) is 4.98 Å². The summed E-state index contributed by atoms with van der Waals surface area (Å²) in [5, 5.41) is 15.0. The van der Waals surface area contributed by atoms with Crippen LogP contribution in [-0.4, -0.2) is 25.6 Å². The number of nitrogens with one attached hydrogen (secondary N) is 1. The molecule has 3 rings (SSSR count). The fourth-order valence-corrected chi connectivity index (χ4v) is 3.36. The number of alkyl halides is 1. The summed E-state index contributed by atoms with van der Waals surface area (Å²) in [6, 6.07) is 5.87. The summed E-state index contributed by atoms with van der Waals surface area (Å²) in [6.07, 6.45) is 6.52. The van der Waals surface area contributed by atoms with Crippen molar-refractivity contribution in [2.75, 3.05) is 5.32 Å². The molecule has 0 bridgehead atoms. The minimum atomic E-state index is -1.03. The second-order valence-electron chi connectivity index (χ2n) is 6.79. The fourth-order valence-electron chi connectivity index (χ4n) is 3.05. The van der Waals surface area contributed by atoms with Gasteiger partial charge in [0, 0.05) is 29.5 Å². The van der Waals surface area contributed by atoms with Crippen molar-refractivity contribution >= 4 is 39.8 Å². The summed E-state index contributed by atoms with van der Waals surface area (Å²) in [7, 11) is 0. The number of hydrogen-bond donors (Lipinski definition) is 2. The molecule has 3 aromatic rings. The largest absolute Gasteiger partial charge is 0.382 e. The van der Waals surface area contributed by atoms with Gasteiger partial charge in [-0.25, -0.2) is 9.97 Å². The number of rotatable bonds is 6. The van der Waals surface area contributed by atoms with Crippen LogP contribution in [0.1, 0.15) is 39.4 Å². The van der Waals surface area contributed by atoms with Crippen molar-refractivity contribution in [1.29, 1.82) is 0 Å². The third-order valence-electron chi connectivity index (χ3n) is 4.37. The average molecular weight is 405 g/mol. The summed E-state index contributed by atoms with van der Waals surface area (Å²) < 4.78 is 0. The summed E-state index contributed by atoms with van der Waals surface area (Å²) in [6.45, 7) is 5.59. The van der Waals surface area contributed by atoms with E-state index >= 15 is 0 Å². The van der Waals surface area contributed by atoms with Gasteiger partial charge in [0.15, 0.2) is 5.82 Å². The van der Waals surface area contributed by atoms with Gasteiger partial charge in [0.25, 0.3) is 0 Å². The summed E-state index contributed by atoms with van der Waals surface area (Å²) in [4.78, 5) is 13.1. The Hall–Kier alpha value is -1.95. The molecule has 0 aliphatic carbocycles. The van der Waals surface area contributed by atoms with Crippen LogP contribution >= 0.6 is 23.2 Å². The molecule has 0 amide bonds. The zero-order valence-corrected chi connectivity index (χ0v) is 17.0. The van der Waals surface area contributed by atoms with E-state index in [9.17, 15) is 5.11 Å². The Labute approximate surface area is 168 Å². The third-order valence-corrected chi connectivity index (χ3v) is 4.76. The number of fused-ring (bicyclic) bond motifs is 1. The van der Waals surface area contributed by atoms with Crippen molar-refractivity contribution in [1.82, 2.24) is 15.0 Å². The van der Waals surface area contributed by atoms with Crippen LogP contribution in [0.3, 0.4) is 0 Å². The third kappa shape index (κ3) is 4.32. The minimum absolute atomic E-state index is 0.278. The Morgan fingerprint density at radius 2 is 1.85 bits per heavy atom. The minimum Gasteiger partial charge on any atom is -0.382 e. The van der Waals surface area contributed by atoms with Crippen molar-refractivity contribution in [3.63, 3.8) is 0 Å². The molecule has 0 spiro atoms. The van der Waals surface area contributed by atoms with Gasteiger partial charge in [-0.05, 0) is 38.0 Å². The molecular formula is C20H22Cl2N4O. The SMILES string of the molecule is CCCC(C)(O)c1ncc(-c2ccc3ncc(Cl)c(NC(C)Cl)c3c2)cn1. The normalized spacial score (nSPS) is 14.7. The molecule has 27 heavy (non-hydrogen) atoms. The van der Waals surface area contributed by atoms with Crippen LogP contribution in [0.15, 0.2) is 36.8 Å². The number of pyridine rings is 1. The van der Waals surface area contributed by atoms with Gasteiger partial charge < -0.3 is 10.4 Å². The lowest BCUT2D eigenvalue weighted by Gasteiger charge is -2.20. The molecule has 2 heterocycles. The Morgan fingerprint density at radius 3 is 2.48 bits per heavy atom. The summed E-state index contributed by atoms with van der Waals surface area (Å²) in [5.74, 6) is 0.428. The Morgan fingerprint density at radius 1 is 1.15 bits per heavy atom. The van der Waals surface area contributed by atoms with Gasteiger partial charge in [0.05, 0.1) is 21.7 Å². The maximum absolute atomic E-state index is 10.5. The molecule has 0 fully saturated rings. The topological polar surface area (TPSA) is 70.9 Å². The quantitative estimate of drug-likeness (QED) is 0.427. The van der Waals surface area contributed by atoms with Crippen molar-refractivity contribution in [2.24, 2.45) is 0 Å². The molecule has 0 aliphatic heterocycles. The van der Waals surface area contributed by atoms with Crippen LogP contribution in [-0.2, 0) is 5.60 Å². The molecule has 2 N–H and O–H groups in total. The van der Waals surface area contributed by atoms with Gasteiger partial charge in [0.1, 0.15) is 5.60 Å². The second kappa shape index (κ2) is 7.97. The number of aliphatic hydroxyl groups is 1. The molecule has 1 aromatic carbocycles. The number of nitrogens with zero attached hydrogens (tertiary/aromatic N) is 3. The Kier molecular flexibility index (Phi) is 5.84. The van der Waals surface area contributed by atoms with E-state index < -0.39 is 5.60 Å². The van der Waals surface area contributed by atoms with E-state index in [1.54, 1.807) is 25.5 Å². The van der Waals surface area contributed by atoms with Crippen LogP contribution in [0.2, 0.25) is 5.02 Å². The lowest BCUT2D eigenvalue weighted by atomic mass is 9.99. The lowest BCUT2D eigenvalue weighted by molar-refractivity contribution is 0.0376. The molecule has 2 aromatic heterocycles. The van der Waals surface area contributed by atoms with Gasteiger partial charge in [-0.15, -0.1) is 0 Å². The molecule has 142 valence electrons. The Bertz CT molecular complexity index is 943. The van der Waals surface area contributed by atoms with Gasteiger partial charge in [-0.1, -0.05) is 42.6 Å². The Balaban J connectivity index is 2.02. The molecule has 0 aliphatic rings. The van der Waals surface area contributed by atoms with Crippen molar-refractivity contribution in [2.45, 2.75) is 44.7 Å². The first-order chi connectivity index (χ1) is 12.8. The van der Waals surface area contributed by atoms with E-state index in [0.29, 0.717) is 17.3 Å². The first-order valence-electron chi connectivity index (χ1n) is 8.86. The highest BCUT2D eigenvalue weighted by molar-refractivity contribution is 6.35. The molecule has 7 heteroatoms. The van der Waals surface area contributed by atoms with Crippen molar-refractivity contribution in [3.05, 3.63) is 47.6 Å². The number of halogens is 2. The maximum Gasteiger partial charge on any atom is 0.159 e. The van der Waals surface area contributed by atoms with Crippen LogP contribution in [0, 0.1) is 0 Å². The monoisotopic (exact) mass is 404 g/mol. The maximum atomic E-state index is 10.5. The number of benzene rings is 1. The van der Waals surface area contributed by atoms with E-state index in [4.69, 9.17) is 23.2 Å². The molecule has 0 saturated carbocycles. The first kappa shape index (κ1) is 19.8. The molecule has 0 saturated heterocycles. The summed E-state index contributed by atoms with van der Waals surface area (Å²) >= 11 is 12.4. The van der Waals surface area contributed by atoms with E-state index in [-0.39, 0.29) is 5.50 Å². The molecule has 2 unspecified atom stereocenters. The van der Waals surface area contributed by atoms with Gasteiger partial charge in [-0.2, -0.15) is 0 Å². The average Bonchev–Trinajstić information content (AvgIpc) is 2.63. The highest BCUT2D eigenvalue weighted by Gasteiger charge is 2.25. The van der Waals surface area contributed by atoms with Gasteiger partial charge >= 0.3 is 0 Å². The zero-order chi connectivity index (χ0) is 19.6. The molecule has 0 radical (unpaired) electrons. The second-order valence-corrected chi connectivity index (χ2v) is 7.85. The lowest BCUT2D eigenvalue weighted by Crippen LogP contribution is -2.23. The highest BCUT2D eigenvalue weighted by atomic mass is 35.5. The predicted molar refractivity (Wildman–Crippen MR) is 111 cm³/mol. The molecular weight excluding hydrogens is 383 g/mol. The van der Waals surface area contributed by atoms with E-state index in [1.807, 2.05) is 32.0 Å². The van der Waals surface area contributed by atoms with Crippen molar-refractivity contribution < 1.29 is 5.11 Å². The van der Waals surface area contributed by atoms with Crippen LogP contribution in [0.25, 0.3) is 22.0 Å². The predicted octanol–water partition coefficient (Wildman–Crippen LogP) is 5.35. The van der Waals surface area contributed by atoms with Crippen LogP contribution < -0.4 is 5.32 Å². The van der Waals surface area contributed by atoms with E-state index in [2.05, 4.69) is 20.3 Å². The van der Waals surface area contributed by atoms with Crippen molar-refractivity contribution in [3.8, 4) is 11.1 Å². The summed E-state index contributed by atoms with van der Waals surface area (Å²) in [5.41, 5.74) is 2.03.